The van der Waals surface area contributed by atoms with Crippen LogP contribution in [0.2, 0.25) is 0 Å². The van der Waals surface area contributed by atoms with Gasteiger partial charge in [-0.1, -0.05) is 23.8 Å². The molecule has 176 valence electrons. The number of rotatable bonds is 4. The Kier molecular flexibility index (Phi) is 6.77. The Hall–Kier alpha value is -3.94. The molecule has 0 bridgehead atoms. The van der Waals surface area contributed by atoms with Crippen LogP contribution < -0.4 is 10.6 Å². The highest BCUT2D eigenvalue weighted by atomic mass is 16.6. The van der Waals surface area contributed by atoms with Crippen LogP contribution in [-0.2, 0) is 9.53 Å². The van der Waals surface area contributed by atoms with E-state index in [0.717, 1.165) is 22.2 Å². The van der Waals surface area contributed by atoms with Gasteiger partial charge in [-0.15, -0.1) is 0 Å². The van der Waals surface area contributed by atoms with E-state index >= 15 is 0 Å². The third-order valence-electron chi connectivity index (χ3n) is 5.33. The molecule has 1 fully saturated rings. The molecule has 8 nitrogen and oxygen atoms in total. The van der Waals surface area contributed by atoms with Crippen LogP contribution >= 0.6 is 0 Å². The summed E-state index contributed by atoms with van der Waals surface area (Å²) in [5, 5.41) is 7.04. The molecule has 34 heavy (non-hydrogen) atoms. The lowest BCUT2D eigenvalue weighted by Crippen LogP contribution is -2.40. The standard InChI is InChI=1S/C26H29N5O3/c1-26(2,3)34-25(33)31-13-11-18(12-14-31)15-23(32)29-20-9-10-22-21(16-20)24(28-17-27-22)30-19-7-5-4-6-8-19/h4-10,15-17H,11-14H2,1-3H3,(H,29,32)(H,27,28,30). The van der Waals surface area contributed by atoms with Gasteiger partial charge < -0.3 is 20.3 Å². The summed E-state index contributed by atoms with van der Waals surface area (Å²) in [5.74, 6) is 0.467. The second-order valence-electron chi connectivity index (χ2n) is 9.20. The van der Waals surface area contributed by atoms with Gasteiger partial charge in [0.25, 0.3) is 0 Å². The van der Waals surface area contributed by atoms with Gasteiger partial charge in [-0.2, -0.15) is 0 Å². The van der Waals surface area contributed by atoms with E-state index in [2.05, 4.69) is 20.6 Å². The number of nitrogens with zero attached hydrogens (tertiary/aromatic N) is 3. The smallest absolute Gasteiger partial charge is 0.410 e. The maximum atomic E-state index is 12.7. The van der Waals surface area contributed by atoms with Crippen LogP contribution in [-0.4, -0.2) is 45.6 Å². The summed E-state index contributed by atoms with van der Waals surface area (Å²) in [7, 11) is 0. The number of nitrogens with one attached hydrogen (secondary N) is 2. The van der Waals surface area contributed by atoms with E-state index in [1.807, 2.05) is 69.3 Å². The normalized spacial score (nSPS) is 14.0. The fourth-order valence-electron chi connectivity index (χ4n) is 3.70. The summed E-state index contributed by atoms with van der Waals surface area (Å²) < 4.78 is 5.43. The number of fused-ring (bicyclic) bond motifs is 1. The van der Waals surface area contributed by atoms with Crippen LogP contribution in [0.15, 0.2) is 66.5 Å². The number of benzene rings is 2. The molecule has 1 saturated heterocycles. The molecule has 3 aromatic rings. The number of hydrogen-bond donors (Lipinski definition) is 2. The molecule has 0 saturated carbocycles. The number of anilines is 3. The first-order valence-corrected chi connectivity index (χ1v) is 11.3. The number of ether oxygens (including phenoxy) is 1. The lowest BCUT2D eigenvalue weighted by Gasteiger charge is -2.30. The van der Waals surface area contributed by atoms with E-state index in [0.29, 0.717) is 37.4 Å². The van der Waals surface area contributed by atoms with Crippen molar-refractivity contribution in [3.8, 4) is 0 Å². The Morgan fingerprint density at radius 2 is 1.74 bits per heavy atom. The molecule has 8 heteroatoms. The highest BCUT2D eigenvalue weighted by Crippen LogP contribution is 2.26. The molecular formula is C26H29N5O3. The van der Waals surface area contributed by atoms with Crippen molar-refractivity contribution >= 4 is 40.1 Å². The zero-order chi connectivity index (χ0) is 24.1. The molecule has 0 atom stereocenters. The molecule has 0 unspecified atom stereocenters. The molecule has 2 N–H and O–H groups in total. The number of amides is 2. The Morgan fingerprint density at radius 3 is 2.44 bits per heavy atom. The average molecular weight is 460 g/mol. The average Bonchev–Trinajstić information content (AvgIpc) is 2.79. The molecule has 1 aliphatic heterocycles. The number of carbonyl (C=O) groups excluding carboxylic acids is 2. The first-order valence-electron chi connectivity index (χ1n) is 11.3. The van der Waals surface area contributed by atoms with E-state index in [1.165, 1.54) is 6.33 Å². The third-order valence-corrected chi connectivity index (χ3v) is 5.33. The Morgan fingerprint density at radius 1 is 1.00 bits per heavy atom. The predicted octanol–water partition coefficient (Wildman–Crippen LogP) is 5.27. The lowest BCUT2D eigenvalue weighted by molar-refractivity contribution is -0.112. The number of aromatic nitrogens is 2. The summed E-state index contributed by atoms with van der Waals surface area (Å²) in [6.07, 6.45) is 4.11. The summed E-state index contributed by atoms with van der Waals surface area (Å²) >= 11 is 0. The Balaban J connectivity index is 1.41. The van der Waals surface area contributed by atoms with Crippen molar-refractivity contribution in [3.05, 3.63) is 66.5 Å². The number of hydrogen-bond acceptors (Lipinski definition) is 6. The van der Waals surface area contributed by atoms with E-state index in [4.69, 9.17) is 4.74 Å². The van der Waals surface area contributed by atoms with Gasteiger partial charge in [0.15, 0.2) is 0 Å². The SMILES string of the molecule is CC(C)(C)OC(=O)N1CCC(=CC(=O)Nc2ccc3ncnc(Nc4ccccc4)c3c2)CC1. The lowest BCUT2D eigenvalue weighted by atomic mass is 10.0. The topological polar surface area (TPSA) is 96.5 Å². The van der Waals surface area contributed by atoms with E-state index < -0.39 is 5.60 Å². The van der Waals surface area contributed by atoms with E-state index in [9.17, 15) is 9.59 Å². The fraction of sp³-hybridized carbons (Fsp3) is 0.308. The second kappa shape index (κ2) is 9.91. The number of carbonyl (C=O) groups is 2. The van der Waals surface area contributed by atoms with Crippen molar-refractivity contribution in [2.45, 2.75) is 39.2 Å². The van der Waals surface area contributed by atoms with Crippen LogP contribution in [0.25, 0.3) is 10.9 Å². The fourth-order valence-corrected chi connectivity index (χ4v) is 3.70. The van der Waals surface area contributed by atoms with Crippen molar-refractivity contribution in [2.24, 2.45) is 0 Å². The zero-order valence-electron chi connectivity index (χ0n) is 19.7. The van der Waals surface area contributed by atoms with E-state index in [-0.39, 0.29) is 12.0 Å². The summed E-state index contributed by atoms with van der Waals surface area (Å²) in [4.78, 5) is 35.3. The Bertz CT molecular complexity index is 1210. The van der Waals surface area contributed by atoms with Gasteiger partial charge in [-0.05, 0) is 63.9 Å². The molecule has 4 rings (SSSR count). The van der Waals surface area contributed by atoms with Crippen LogP contribution in [0.4, 0.5) is 22.0 Å². The first kappa shape index (κ1) is 23.2. The number of para-hydroxylation sites is 1. The first-order chi connectivity index (χ1) is 16.3. The molecule has 0 aliphatic carbocycles. The monoisotopic (exact) mass is 459 g/mol. The molecule has 2 aromatic carbocycles. The van der Waals surface area contributed by atoms with Crippen molar-refractivity contribution < 1.29 is 14.3 Å². The van der Waals surface area contributed by atoms with Crippen molar-refractivity contribution in [2.75, 3.05) is 23.7 Å². The minimum Gasteiger partial charge on any atom is -0.444 e. The van der Waals surface area contributed by atoms with Gasteiger partial charge in [-0.25, -0.2) is 14.8 Å². The third kappa shape index (κ3) is 6.10. The largest absolute Gasteiger partial charge is 0.444 e. The maximum Gasteiger partial charge on any atom is 0.410 e. The van der Waals surface area contributed by atoms with Crippen molar-refractivity contribution in [3.63, 3.8) is 0 Å². The molecule has 1 aliphatic rings. The van der Waals surface area contributed by atoms with Crippen LogP contribution in [0, 0.1) is 0 Å². The number of piperidine rings is 1. The van der Waals surface area contributed by atoms with Gasteiger partial charge in [0, 0.05) is 35.9 Å². The highest BCUT2D eigenvalue weighted by Gasteiger charge is 2.24. The molecule has 0 radical (unpaired) electrons. The molecule has 1 aromatic heterocycles. The second-order valence-corrected chi connectivity index (χ2v) is 9.20. The Labute approximate surface area is 199 Å². The van der Waals surface area contributed by atoms with Gasteiger partial charge in [-0.3, -0.25) is 4.79 Å². The van der Waals surface area contributed by atoms with Crippen LogP contribution in [0.1, 0.15) is 33.6 Å². The van der Waals surface area contributed by atoms with Gasteiger partial charge in [0.1, 0.15) is 17.7 Å². The molecular weight excluding hydrogens is 430 g/mol. The zero-order valence-corrected chi connectivity index (χ0v) is 19.7. The van der Waals surface area contributed by atoms with E-state index in [1.54, 1.807) is 11.0 Å². The molecule has 0 spiro atoms. The van der Waals surface area contributed by atoms with Crippen molar-refractivity contribution in [1.29, 1.82) is 0 Å². The quantitative estimate of drug-likeness (QED) is 0.516. The van der Waals surface area contributed by atoms with Crippen LogP contribution in [0.5, 0.6) is 0 Å². The molecule has 2 heterocycles. The molecule has 2 amide bonds. The van der Waals surface area contributed by atoms with Gasteiger partial charge in [0.05, 0.1) is 5.52 Å². The van der Waals surface area contributed by atoms with Gasteiger partial charge in [0.2, 0.25) is 5.91 Å². The van der Waals surface area contributed by atoms with Crippen molar-refractivity contribution in [1.82, 2.24) is 14.9 Å². The minimum absolute atomic E-state index is 0.200. The summed E-state index contributed by atoms with van der Waals surface area (Å²) in [6.45, 7) is 6.63. The summed E-state index contributed by atoms with van der Waals surface area (Å²) in [6, 6.07) is 15.3. The minimum atomic E-state index is -0.519. The predicted molar refractivity (Wildman–Crippen MR) is 133 cm³/mol. The summed E-state index contributed by atoms with van der Waals surface area (Å²) in [5.41, 5.74) is 2.84. The number of likely N-dealkylation sites (tertiary alicyclic amines) is 1. The highest BCUT2D eigenvalue weighted by molar-refractivity contribution is 6.02. The van der Waals surface area contributed by atoms with Gasteiger partial charge >= 0.3 is 6.09 Å². The van der Waals surface area contributed by atoms with Crippen LogP contribution in [0.3, 0.4) is 0 Å². The maximum absolute atomic E-state index is 12.7.